The van der Waals surface area contributed by atoms with E-state index in [2.05, 4.69) is 25.4 Å². The molecule has 3 aromatic heterocycles. The van der Waals surface area contributed by atoms with Crippen LogP contribution in [0.4, 0.5) is 11.5 Å². The summed E-state index contributed by atoms with van der Waals surface area (Å²) >= 11 is 1.56. The Kier molecular flexibility index (Phi) is 5.12. The van der Waals surface area contributed by atoms with E-state index in [1.54, 1.807) is 23.5 Å². The molecule has 0 saturated carbocycles. The molecule has 0 unspecified atom stereocenters. The van der Waals surface area contributed by atoms with E-state index in [1.165, 1.54) is 13.3 Å². The number of anilines is 2. The number of carbonyl (C=O) groups is 1. The minimum Gasteiger partial charge on any atom is -0.479 e. The lowest BCUT2D eigenvalue weighted by atomic mass is 10.2. The summed E-state index contributed by atoms with van der Waals surface area (Å²) < 4.78 is 7.56. The topological polar surface area (TPSA) is 115 Å². The van der Waals surface area contributed by atoms with Crippen molar-refractivity contribution in [1.82, 2.24) is 24.7 Å². The van der Waals surface area contributed by atoms with E-state index in [4.69, 9.17) is 4.74 Å². The summed E-state index contributed by atoms with van der Waals surface area (Å²) in [5.74, 6) is -0.122. The van der Waals surface area contributed by atoms with Gasteiger partial charge in [0.25, 0.3) is 0 Å². The highest BCUT2D eigenvalue weighted by Crippen LogP contribution is 2.32. The van der Waals surface area contributed by atoms with Crippen molar-refractivity contribution < 1.29 is 14.6 Å². The molecule has 32 heavy (non-hydrogen) atoms. The fourth-order valence-electron chi connectivity index (χ4n) is 3.41. The van der Waals surface area contributed by atoms with E-state index >= 15 is 0 Å². The Bertz CT molecular complexity index is 1410. The van der Waals surface area contributed by atoms with E-state index in [-0.39, 0.29) is 0 Å². The number of aromatic nitrogens is 5. The van der Waals surface area contributed by atoms with Gasteiger partial charge in [-0.3, -0.25) is 4.68 Å². The summed E-state index contributed by atoms with van der Waals surface area (Å²) in [6.45, 7) is 2.09. The molecule has 0 saturated heterocycles. The number of nitrogens with zero attached hydrogens (tertiary/aromatic N) is 5. The molecular formula is C22H18N6O3S. The van der Waals surface area contributed by atoms with Crippen LogP contribution in [0.15, 0.2) is 59.8 Å². The van der Waals surface area contributed by atoms with Crippen LogP contribution < -0.4 is 10.1 Å². The van der Waals surface area contributed by atoms with Crippen LogP contribution in [-0.2, 0) is 11.3 Å². The van der Waals surface area contributed by atoms with Gasteiger partial charge < -0.3 is 15.2 Å². The van der Waals surface area contributed by atoms with Gasteiger partial charge in [-0.2, -0.15) is 5.10 Å². The van der Waals surface area contributed by atoms with Crippen molar-refractivity contribution in [2.75, 3.05) is 5.32 Å². The molecule has 0 fully saturated rings. The van der Waals surface area contributed by atoms with Crippen LogP contribution in [0.25, 0.3) is 21.8 Å². The van der Waals surface area contributed by atoms with Crippen molar-refractivity contribution in [3.63, 3.8) is 0 Å². The Morgan fingerprint density at radius 1 is 1.25 bits per heavy atom. The molecule has 1 atom stereocenters. The average Bonchev–Trinajstić information content (AvgIpc) is 3.44. The molecule has 160 valence electrons. The summed E-state index contributed by atoms with van der Waals surface area (Å²) in [4.78, 5) is 24.2. The molecule has 0 amide bonds. The van der Waals surface area contributed by atoms with Gasteiger partial charge in [-0.25, -0.2) is 19.7 Å². The molecule has 5 aromatic rings. The van der Waals surface area contributed by atoms with Crippen LogP contribution in [0, 0.1) is 0 Å². The molecular weight excluding hydrogens is 428 g/mol. The number of ether oxygens (including phenoxy) is 1. The number of aliphatic carboxylic acids is 1. The molecule has 0 radical (unpaired) electrons. The standard InChI is InChI=1S/C22H18N6O3S/c1-13(22(29)30)31-19-4-2-3-17-20(19)21(24-11-23-17)27-15-5-6-18-14(7-15)8-26-28(18)9-16-10-32-12-25-16/h2-8,10-13H,9H2,1H3,(H,29,30)(H,23,24,27)/t13-/m0/s1. The Morgan fingerprint density at radius 2 is 2.16 bits per heavy atom. The van der Waals surface area contributed by atoms with E-state index < -0.39 is 12.1 Å². The first-order valence-corrected chi connectivity index (χ1v) is 10.8. The first kappa shape index (κ1) is 19.9. The van der Waals surface area contributed by atoms with Gasteiger partial charge in [-0.1, -0.05) is 6.07 Å². The van der Waals surface area contributed by atoms with E-state index in [9.17, 15) is 9.90 Å². The van der Waals surface area contributed by atoms with Gasteiger partial charge in [0.2, 0.25) is 0 Å². The highest BCUT2D eigenvalue weighted by molar-refractivity contribution is 7.07. The predicted molar refractivity (Wildman–Crippen MR) is 121 cm³/mol. The predicted octanol–water partition coefficient (Wildman–Crippen LogP) is 4.08. The number of hydrogen-bond acceptors (Lipinski definition) is 8. The van der Waals surface area contributed by atoms with Crippen molar-refractivity contribution in [2.45, 2.75) is 19.6 Å². The van der Waals surface area contributed by atoms with E-state index in [1.807, 2.05) is 46.0 Å². The number of rotatable bonds is 7. The third-order valence-electron chi connectivity index (χ3n) is 4.98. The monoisotopic (exact) mass is 446 g/mol. The van der Waals surface area contributed by atoms with Crippen molar-refractivity contribution in [3.8, 4) is 5.75 Å². The summed E-state index contributed by atoms with van der Waals surface area (Å²) in [5, 5.41) is 20.6. The Hall–Kier alpha value is -4.05. The lowest BCUT2D eigenvalue weighted by Crippen LogP contribution is -2.23. The molecule has 0 aliphatic heterocycles. The second kappa shape index (κ2) is 8.23. The maximum atomic E-state index is 11.3. The Morgan fingerprint density at radius 3 is 2.97 bits per heavy atom. The third kappa shape index (κ3) is 3.83. The number of benzene rings is 2. The highest BCUT2D eigenvalue weighted by Gasteiger charge is 2.17. The van der Waals surface area contributed by atoms with Gasteiger partial charge in [0.15, 0.2) is 6.10 Å². The van der Waals surface area contributed by atoms with Crippen LogP contribution in [0.2, 0.25) is 0 Å². The first-order chi connectivity index (χ1) is 15.6. The molecule has 9 nitrogen and oxygen atoms in total. The van der Waals surface area contributed by atoms with E-state index in [0.717, 1.165) is 22.3 Å². The molecule has 10 heteroatoms. The summed E-state index contributed by atoms with van der Waals surface area (Å²) in [7, 11) is 0. The van der Waals surface area contributed by atoms with Crippen LogP contribution in [-0.4, -0.2) is 41.9 Å². The number of nitrogens with one attached hydrogen (secondary N) is 1. The van der Waals surface area contributed by atoms with Gasteiger partial charge in [-0.15, -0.1) is 11.3 Å². The van der Waals surface area contributed by atoms with Crippen LogP contribution in [0.5, 0.6) is 5.75 Å². The van der Waals surface area contributed by atoms with Crippen molar-refractivity contribution in [1.29, 1.82) is 0 Å². The summed E-state index contributed by atoms with van der Waals surface area (Å²) in [6, 6.07) is 11.2. The second-order valence-electron chi connectivity index (χ2n) is 7.15. The van der Waals surface area contributed by atoms with Gasteiger partial charge in [0, 0.05) is 16.5 Å². The Labute approximate surface area is 186 Å². The van der Waals surface area contributed by atoms with Crippen LogP contribution >= 0.6 is 11.3 Å². The largest absolute Gasteiger partial charge is 0.479 e. The summed E-state index contributed by atoms with van der Waals surface area (Å²) in [5.41, 5.74) is 5.24. The Balaban J connectivity index is 1.48. The van der Waals surface area contributed by atoms with Crippen molar-refractivity contribution in [3.05, 3.63) is 65.5 Å². The van der Waals surface area contributed by atoms with E-state index in [0.29, 0.717) is 29.0 Å². The number of fused-ring (bicyclic) bond motifs is 2. The molecule has 5 rings (SSSR count). The lowest BCUT2D eigenvalue weighted by molar-refractivity contribution is -0.144. The maximum absolute atomic E-state index is 11.3. The highest BCUT2D eigenvalue weighted by atomic mass is 32.1. The smallest absolute Gasteiger partial charge is 0.344 e. The molecule has 0 aliphatic carbocycles. The molecule has 2 aromatic carbocycles. The maximum Gasteiger partial charge on any atom is 0.344 e. The number of carboxylic acids is 1. The number of hydrogen-bond donors (Lipinski definition) is 2. The van der Waals surface area contributed by atoms with Gasteiger partial charge >= 0.3 is 5.97 Å². The zero-order chi connectivity index (χ0) is 22.1. The average molecular weight is 446 g/mol. The van der Waals surface area contributed by atoms with Crippen LogP contribution in [0.1, 0.15) is 12.6 Å². The van der Waals surface area contributed by atoms with Crippen molar-refractivity contribution >= 4 is 50.6 Å². The quantitative estimate of drug-likeness (QED) is 0.384. The second-order valence-corrected chi connectivity index (χ2v) is 7.87. The zero-order valence-corrected chi connectivity index (χ0v) is 17.8. The summed E-state index contributed by atoms with van der Waals surface area (Å²) in [6.07, 6.45) is 2.27. The molecule has 3 heterocycles. The molecule has 0 bridgehead atoms. The van der Waals surface area contributed by atoms with Gasteiger partial charge in [-0.05, 0) is 37.3 Å². The normalized spacial score (nSPS) is 12.2. The fourth-order valence-corrected chi connectivity index (χ4v) is 3.96. The number of carboxylic acid groups (broad SMARTS) is 1. The fraction of sp³-hybridized carbons (Fsp3) is 0.136. The molecule has 0 spiro atoms. The van der Waals surface area contributed by atoms with Gasteiger partial charge in [0.05, 0.1) is 40.4 Å². The minimum absolute atomic E-state index is 0.401. The van der Waals surface area contributed by atoms with Crippen LogP contribution in [0.3, 0.4) is 0 Å². The van der Waals surface area contributed by atoms with Gasteiger partial charge in [0.1, 0.15) is 17.9 Å². The third-order valence-corrected chi connectivity index (χ3v) is 5.61. The van der Waals surface area contributed by atoms with Crippen molar-refractivity contribution in [2.24, 2.45) is 0 Å². The molecule has 2 N–H and O–H groups in total. The zero-order valence-electron chi connectivity index (χ0n) is 17.0. The minimum atomic E-state index is -1.05. The first-order valence-electron chi connectivity index (χ1n) is 9.81. The number of thiazole rings is 1. The lowest BCUT2D eigenvalue weighted by Gasteiger charge is -2.15. The molecule has 0 aliphatic rings. The SMILES string of the molecule is C[C@H](Oc1cccc2ncnc(Nc3ccc4c(cnn4Cc4cscn4)c3)c12)C(=O)O.